The van der Waals surface area contributed by atoms with Gasteiger partial charge in [-0.25, -0.2) is 4.98 Å². The molecule has 4 nitrogen and oxygen atoms in total. The van der Waals surface area contributed by atoms with E-state index in [1.807, 2.05) is 19.5 Å². The molecule has 0 bridgehead atoms. The number of thiazole rings is 1. The van der Waals surface area contributed by atoms with Crippen LogP contribution in [0.4, 0.5) is 0 Å². The monoisotopic (exact) mass is 302 g/mol. The van der Waals surface area contributed by atoms with Gasteiger partial charge in [-0.1, -0.05) is 11.8 Å². The van der Waals surface area contributed by atoms with Crippen LogP contribution < -0.4 is 5.73 Å². The van der Waals surface area contributed by atoms with Gasteiger partial charge < -0.3 is 5.73 Å². The van der Waals surface area contributed by atoms with E-state index in [1.165, 1.54) is 11.8 Å². The smallest absolute Gasteiger partial charge is 0.155 e. The molecule has 0 saturated heterocycles. The fourth-order valence-corrected chi connectivity index (χ4v) is 1.81. The average Bonchev–Trinajstić information content (AvgIpc) is 2.63. The molecule has 0 aliphatic heterocycles. The van der Waals surface area contributed by atoms with Crippen molar-refractivity contribution in [3.8, 4) is 0 Å². The summed E-state index contributed by atoms with van der Waals surface area (Å²) in [6, 6.07) is 0. The summed E-state index contributed by atoms with van der Waals surface area (Å²) in [6.07, 6.45) is 0. The number of thioether (sulfide) groups is 1. The maximum Gasteiger partial charge on any atom is 0.155 e. The van der Waals surface area contributed by atoms with Crippen molar-refractivity contribution in [1.82, 2.24) is 9.88 Å². The number of nitrogens with two attached hydrogens (primary N) is 1. The first-order chi connectivity index (χ1) is 6.68. The number of aromatic nitrogens is 1. The normalized spacial score (nSPS) is 10.8. The van der Waals surface area contributed by atoms with E-state index in [1.54, 1.807) is 16.8 Å². The van der Waals surface area contributed by atoms with Crippen LogP contribution in [0.3, 0.4) is 0 Å². The fraction of sp³-hybridized carbons (Fsp3) is 0.500. The summed E-state index contributed by atoms with van der Waals surface area (Å²) >= 11 is 3.11. The van der Waals surface area contributed by atoms with Gasteiger partial charge in [0.2, 0.25) is 0 Å². The molecule has 0 radical (unpaired) electrons. The Labute approximate surface area is 117 Å². The first-order valence-electron chi connectivity index (χ1n) is 4.13. The summed E-state index contributed by atoms with van der Waals surface area (Å²) < 4.78 is 0. The van der Waals surface area contributed by atoms with Crippen molar-refractivity contribution < 1.29 is 0 Å². The lowest BCUT2D eigenvalue weighted by molar-refractivity contribution is 0.486. The van der Waals surface area contributed by atoms with Crippen molar-refractivity contribution in [2.24, 2.45) is 10.7 Å². The van der Waals surface area contributed by atoms with E-state index < -0.39 is 0 Å². The summed E-state index contributed by atoms with van der Waals surface area (Å²) in [5, 5.41) is 2.60. The van der Waals surface area contributed by atoms with Crippen LogP contribution in [0.5, 0.6) is 0 Å². The second-order valence-corrected chi connectivity index (χ2v) is 4.67. The quantitative estimate of drug-likeness (QED) is 0.525. The minimum absolute atomic E-state index is 0. The zero-order valence-electron chi connectivity index (χ0n) is 9.12. The number of hydrogen-bond donors (Lipinski definition) is 1. The van der Waals surface area contributed by atoms with Gasteiger partial charge in [-0.15, -0.1) is 36.2 Å². The molecule has 0 aromatic carbocycles. The molecule has 0 amide bonds. The Balaban J connectivity index is 0. The molecule has 0 aliphatic rings. The minimum Gasteiger partial charge on any atom is -0.378 e. The molecule has 0 fully saturated rings. The van der Waals surface area contributed by atoms with Gasteiger partial charge in [0.25, 0.3) is 0 Å². The lowest BCUT2D eigenvalue weighted by Gasteiger charge is -2.07. The van der Waals surface area contributed by atoms with E-state index in [2.05, 4.69) is 14.9 Å². The topological polar surface area (TPSA) is 54.5 Å². The number of rotatable bonds is 4. The molecule has 0 atom stereocenters. The predicted octanol–water partition coefficient (Wildman–Crippen LogP) is 2.05. The van der Waals surface area contributed by atoms with Crippen LogP contribution >= 0.6 is 47.9 Å². The Morgan fingerprint density at radius 2 is 2.25 bits per heavy atom. The van der Waals surface area contributed by atoms with Crippen molar-refractivity contribution in [3.05, 3.63) is 16.6 Å². The minimum atomic E-state index is 0. The van der Waals surface area contributed by atoms with Crippen LogP contribution in [0.1, 0.15) is 5.69 Å². The van der Waals surface area contributed by atoms with Gasteiger partial charge in [-0.05, 0) is 14.1 Å². The van der Waals surface area contributed by atoms with Gasteiger partial charge in [0.05, 0.1) is 23.6 Å². The van der Waals surface area contributed by atoms with Gasteiger partial charge >= 0.3 is 0 Å². The molecule has 1 rings (SSSR count). The zero-order valence-corrected chi connectivity index (χ0v) is 12.4. The van der Waals surface area contributed by atoms with Crippen LogP contribution in [-0.4, -0.2) is 35.0 Å². The van der Waals surface area contributed by atoms with E-state index in [9.17, 15) is 0 Å². The summed E-state index contributed by atoms with van der Waals surface area (Å²) in [7, 11) is 4.00. The number of amidine groups is 1. The number of halogens is 2. The maximum atomic E-state index is 5.70. The lowest BCUT2D eigenvalue weighted by atomic mass is 10.5. The second-order valence-electron chi connectivity index (χ2n) is 2.99. The van der Waals surface area contributed by atoms with Crippen LogP contribution in [0, 0.1) is 0 Å². The molecule has 1 heterocycles. The van der Waals surface area contributed by atoms with E-state index >= 15 is 0 Å². The fourth-order valence-electron chi connectivity index (χ4n) is 0.715. The number of hydrogen-bond acceptors (Lipinski definition) is 5. The summed E-state index contributed by atoms with van der Waals surface area (Å²) in [5.41, 5.74) is 8.48. The molecular formula is C8H16Cl2N4S2. The Morgan fingerprint density at radius 1 is 1.56 bits per heavy atom. The van der Waals surface area contributed by atoms with Crippen LogP contribution in [0.2, 0.25) is 0 Å². The molecule has 0 saturated carbocycles. The van der Waals surface area contributed by atoms with Gasteiger partial charge in [-0.2, -0.15) is 0 Å². The van der Waals surface area contributed by atoms with Crippen molar-refractivity contribution in [1.29, 1.82) is 0 Å². The summed E-state index contributed by atoms with van der Waals surface area (Å²) in [5.74, 6) is 0.854. The van der Waals surface area contributed by atoms with Gasteiger partial charge in [0.15, 0.2) is 5.17 Å². The van der Waals surface area contributed by atoms with Crippen LogP contribution in [-0.2, 0) is 6.54 Å². The Morgan fingerprint density at radius 3 is 2.75 bits per heavy atom. The lowest BCUT2D eigenvalue weighted by Crippen LogP contribution is -2.16. The maximum absolute atomic E-state index is 5.70. The highest BCUT2D eigenvalue weighted by molar-refractivity contribution is 8.13. The third-order valence-corrected chi connectivity index (χ3v) is 3.06. The molecule has 94 valence electrons. The number of nitrogens with zero attached hydrogens (tertiary/aromatic N) is 3. The third-order valence-electron chi connectivity index (χ3n) is 1.35. The second kappa shape index (κ2) is 10.2. The van der Waals surface area contributed by atoms with Gasteiger partial charge in [0.1, 0.15) is 0 Å². The molecule has 2 N–H and O–H groups in total. The van der Waals surface area contributed by atoms with Crippen LogP contribution in [0.15, 0.2) is 15.9 Å². The van der Waals surface area contributed by atoms with Gasteiger partial charge in [0, 0.05) is 5.38 Å². The SMILES string of the molecule is CN(C)CSC(N)=NCc1cscn1.Cl.Cl. The van der Waals surface area contributed by atoms with E-state index in [0.717, 1.165) is 11.6 Å². The van der Waals surface area contributed by atoms with Crippen molar-refractivity contribution >= 4 is 53.1 Å². The molecule has 1 aromatic heterocycles. The largest absolute Gasteiger partial charge is 0.378 e. The van der Waals surface area contributed by atoms with E-state index in [4.69, 9.17) is 5.73 Å². The molecule has 0 aliphatic carbocycles. The molecule has 0 spiro atoms. The Hall–Kier alpha value is -0.0100. The standard InChI is InChI=1S/C8H14N4S2.2ClH/c1-12(2)6-14-8(9)10-3-7-4-13-5-11-7;;/h4-5H,3,6H2,1-2H3,(H2,9,10);2*1H. The summed E-state index contributed by atoms with van der Waals surface area (Å²) in [6.45, 7) is 0.579. The predicted molar refractivity (Wildman–Crippen MR) is 78.1 cm³/mol. The average molecular weight is 303 g/mol. The summed E-state index contributed by atoms with van der Waals surface area (Å²) in [4.78, 5) is 10.4. The highest BCUT2D eigenvalue weighted by atomic mass is 35.5. The van der Waals surface area contributed by atoms with Crippen LogP contribution in [0.25, 0.3) is 0 Å². The number of aliphatic imine (C=N–C) groups is 1. The Bertz CT molecular complexity index is 290. The van der Waals surface area contributed by atoms with E-state index in [-0.39, 0.29) is 24.8 Å². The first-order valence-corrected chi connectivity index (χ1v) is 6.06. The van der Waals surface area contributed by atoms with Crippen molar-refractivity contribution in [2.75, 3.05) is 20.0 Å². The highest BCUT2D eigenvalue weighted by Gasteiger charge is 1.96. The van der Waals surface area contributed by atoms with E-state index in [0.29, 0.717) is 11.7 Å². The molecule has 8 heteroatoms. The van der Waals surface area contributed by atoms with Gasteiger partial charge in [-0.3, -0.25) is 9.89 Å². The molecule has 16 heavy (non-hydrogen) atoms. The van der Waals surface area contributed by atoms with Crippen molar-refractivity contribution in [2.45, 2.75) is 6.54 Å². The zero-order chi connectivity index (χ0) is 10.4. The molecular weight excluding hydrogens is 287 g/mol. The third kappa shape index (κ3) is 8.18. The van der Waals surface area contributed by atoms with Crippen molar-refractivity contribution in [3.63, 3.8) is 0 Å². The highest BCUT2D eigenvalue weighted by Crippen LogP contribution is 2.05. The molecule has 0 unspecified atom stereocenters. The first kappa shape index (κ1) is 18.4. The molecule has 1 aromatic rings. The Kier molecular flexibility index (Phi) is 11.7.